The van der Waals surface area contributed by atoms with Crippen molar-refractivity contribution < 1.29 is 19.7 Å². The van der Waals surface area contributed by atoms with E-state index in [4.69, 9.17) is 9.47 Å². The van der Waals surface area contributed by atoms with E-state index in [0.717, 1.165) is 18.4 Å². The van der Waals surface area contributed by atoms with Crippen LogP contribution >= 0.6 is 0 Å². The fourth-order valence-corrected chi connectivity index (χ4v) is 2.77. The highest BCUT2D eigenvalue weighted by atomic mass is 16.5. The molecule has 4 nitrogen and oxygen atoms in total. The first-order chi connectivity index (χ1) is 9.80. The molecule has 0 spiro atoms. The summed E-state index contributed by atoms with van der Waals surface area (Å²) < 4.78 is 11.1. The third kappa shape index (κ3) is 3.79. The van der Waals surface area contributed by atoms with Crippen molar-refractivity contribution in [2.45, 2.75) is 19.4 Å². The van der Waals surface area contributed by atoms with Crippen molar-refractivity contribution in [3.8, 4) is 0 Å². The average molecular weight is 280 g/mol. The first-order valence-electron chi connectivity index (χ1n) is 7.22. The minimum atomic E-state index is -0.557. The Kier molecular flexibility index (Phi) is 5.98. The van der Waals surface area contributed by atoms with Gasteiger partial charge < -0.3 is 19.7 Å². The second-order valence-electron chi connectivity index (χ2n) is 5.54. The Morgan fingerprint density at radius 2 is 1.75 bits per heavy atom. The lowest BCUT2D eigenvalue weighted by atomic mass is 9.73. The lowest BCUT2D eigenvalue weighted by Crippen LogP contribution is -2.44. The molecular weight excluding hydrogens is 256 g/mol. The maximum absolute atomic E-state index is 9.75. The monoisotopic (exact) mass is 280 g/mol. The average Bonchev–Trinajstić information content (AvgIpc) is 2.54. The van der Waals surface area contributed by atoms with E-state index >= 15 is 0 Å². The lowest BCUT2D eigenvalue weighted by molar-refractivity contribution is -0.0948. The molecule has 1 aliphatic rings. The van der Waals surface area contributed by atoms with E-state index in [9.17, 15) is 10.2 Å². The summed E-state index contributed by atoms with van der Waals surface area (Å²) in [6.45, 7) is 2.17. The Balaban J connectivity index is 1.91. The zero-order valence-electron chi connectivity index (χ0n) is 11.8. The zero-order chi connectivity index (χ0) is 14.3. The molecule has 4 heteroatoms. The van der Waals surface area contributed by atoms with Crippen molar-refractivity contribution in [2.24, 2.45) is 11.3 Å². The van der Waals surface area contributed by atoms with Crippen molar-refractivity contribution in [3.05, 3.63) is 35.9 Å². The second-order valence-corrected chi connectivity index (χ2v) is 5.54. The van der Waals surface area contributed by atoms with Crippen molar-refractivity contribution in [1.82, 2.24) is 0 Å². The Labute approximate surface area is 120 Å². The summed E-state index contributed by atoms with van der Waals surface area (Å²) >= 11 is 0. The summed E-state index contributed by atoms with van der Waals surface area (Å²) in [6, 6.07) is 9.93. The second kappa shape index (κ2) is 7.74. The molecule has 1 saturated heterocycles. The topological polar surface area (TPSA) is 58.9 Å². The quantitative estimate of drug-likeness (QED) is 0.796. The zero-order valence-corrected chi connectivity index (χ0v) is 11.8. The maximum atomic E-state index is 9.75. The van der Waals surface area contributed by atoms with Gasteiger partial charge in [-0.15, -0.1) is 0 Å². The van der Waals surface area contributed by atoms with Gasteiger partial charge in [0.05, 0.1) is 26.4 Å². The Bertz CT molecular complexity index is 369. The minimum Gasteiger partial charge on any atom is -0.396 e. The molecule has 0 atom stereocenters. The van der Waals surface area contributed by atoms with Gasteiger partial charge in [-0.05, 0) is 24.3 Å². The molecule has 20 heavy (non-hydrogen) atoms. The van der Waals surface area contributed by atoms with Gasteiger partial charge in [-0.2, -0.15) is 0 Å². The van der Waals surface area contributed by atoms with Crippen LogP contribution in [0.15, 0.2) is 30.3 Å². The van der Waals surface area contributed by atoms with E-state index < -0.39 is 5.41 Å². The molecule has 2 rings (SSSR count). The van der Waals surface area contributed by atoms with Crippen LogP contribution in [0.5, 0.6) is 0 Å². The number of aliphatic hydroxyl groups excluding tert-OH is 2. The normalized spacial score (nSPS) is 17.3. The molecule has 0 aromatic heterocycles. The molecule has 0 unspecified atom stereocenters. The highest BCUT2D eigenvalue weighted by Gasteiger charge is 2.39. The van der Waals surface area contributed by atoms with E-state index in [1.807, 2.05) is 30.3 Å². The van der Waals surface area contributed by atoms with Crippen molar-refractivity contribution in [2.75, 3.05) is 33.0 Å². The van der Waals surface area contributed by atoms with Crippen LogP contribution in [0.4, 0.5) is 0 Å². The molecule has 0 radical (unpaired) electrons. The predicted molar refractivity (Wildman–Crippen MR) is 76.2 cm³/mol. The van der Waals surface area contributed by atoms with Gasteiger partial charge in [-0.3, -0.25) is 0 Å². The molecule has 1 aliphatic heterocycles. The van der Waals surface area contributed by atoms with Crippen LogP contribution in [0, 0.1) is 11.3 Å². The molecule has 0 bridgehead atoms. The fourth-order valence-electron chi connectivity index (χ4n) is 2.77. The summed E-state index contributed by atoms with van der Waals surface area (Å²) in [6.07, 6.45) is 1.74. The molecule has 2 N–H and O–H groups in total. The van der Waals surface area contributed by atoms with Crippen LogP contribution in [0.3, 0.4) is 0 Å². The Hall–Kier alpha value is -0.940. The van der Waals surface area contributed by atoms with Crippen LogP contribution < -0.4 is 0 Å². The van der Waals surface area contributed by atoms with E-state index in [-0.39, 0.29) is 19.1 Å². The smallest absolute Gasteiger partial charge is 0.0717 e. The van der Waals surface area contributed by atoms with Crippen LogP contribution in [-0.4, -0.2) is 43.2 Å². The molecular formula is C16H24O4. The standard InChI is InChI=1S/C16H24O4/c17-11-16(12-18,15-6-8-19-9-7-15)13-20-10-14-4-2-1-3-5-14/h1-5,15,17-18H,6-13H2. The number of ether oxygens (including phenoxy) is 2. The highest BCUT2D eigenvalue weighted by molar-refractivity contribution is 5.13. The van der Waals surface area contributed by atoms with Crippen LogP contribution in [0.1, 0.15) is 18.4 Å². The van der Waals surface area contributed by atoms with E-state index in [1.54, 1.807) is 0 Å². The first kappa shape index (κ1) is 15.4. The first-order valence-corrected chi connectivity index (χ1v) is 7.22. The fraction of sp³-hybridized carbons (Fsp3) is 0.625. The summed E-state index contributed by atoms with van der Waals surface area (Å²) in [5.41, 5.74) is 0.544. The third-order valence-corrected chi connectivity index (χ3v) is 4.22. The summed E-state index contributed by atoms with van der Waals surface area (Å²) in [5, 5.41) is 19.5. The van der Waals surface area contributed by atoms with Gasteiger partial charge in [0.15, 0.2) is 0 Å². The molecule has 1 fully saturated rings. The van der Waals surface area contributed by atoms with Gasteiger partial charge >= 0.3 is 0 Å². The predicted octanol–water partition coefficient (Wildman–Crippen LogP) is 1.60. The molecule has 0 saturated carbocycles. The minimum absolute atomic E-state index is 0.0526. The molecule has 1 heterocycles. The molecule has 1 aromatic rings. The number of hydrogen-bond donors (Lipinski definition) is 2. The van der Waals surface area contributed by atoms with Crippen LogP contribution in [0.2, 0.25) is 0 Å². The van der Waals surface area contributed by atoms with Gasteiger partial charge in [0.25, 0.3) is 0 Å². The summed E-state index contributed by atoms with van der Waals surface area (Å²) in [4.78, 5) is 0. The Morgan fingerprint density at radius 1 is 1.10 bits per heavy atom. The largest absolute Gasteiger partial charge is 0.396 e. The van der Waals surface area contributed by atoms with E-state index in [1.165, 1.54) is 0 Å². The van der Waals surface area contributed by atoms with Crippen molar-refractivity contribution in [3.63, 3.8) is 0 Å². The number of aliphatic hydroxyl groups is 2. The van der Waals surface area contributed by atoms with Crippen molar-refractivity contribution in [1.29, 1.82) is 0 Å². The van der Waals surface area contributed by atoms with Gasteiger partial charge in [-0.1, -0.05) is 30.3 Å². The van der Waals surface area contributed by atoms with Gasteiger partial charge in [-0.25, -0.2) is 0 Å². The molecule has 0 aliphatic carbocycles. The maximum Gasteiger partial charge on any atom is 0.0717 e. The summed E-state index contributed by atoms with van der Waals surface area (Å²) in [7, 11) is 0. The SMILES string of the molecule is OCC(CO)(COCc1ccccc1)C1CCOCC1. The lowest BCUT2D eigenvalue weighted by Gasteiger charge is -2.39. The van der Waals surface area contributed by atoms with E-state index in [2.05, 4.69) is 0 Å². The highest BCUT2D eigenvalue weighted by Crippen LogP contribution is 2.35. The van der Waals surface area contributed by atoms with Gasteiger partial charge in [0.2, 0.25) is 0 Å². The molecule has 1 aromatic carbocycles. The third-order valence-electron chi connectivity index (χ3n) is 4.22. The van der Waals surface area contributed by atoms with E-state index in [0.29, 0.717) is 26.4 Å². The molecule has 0 amide bonds. The van der Waals surface area contributed by atoms with Crippen molar-refractivity contribution >= 4 is 0 Å². The van der Waals surface area contributed by atoms with Crippen LogP contribution in [-0.2, 0) is 16.1 Å². The molecule has 112 valence electrons. The Morgan fingerprint density at radius 3 is 2.35 bits per heavy atom. The number of rotatable bonds is 7. The number of hydrogen-bond acceptors (Lipinski definition) is 4. The number of benzene rings is 1. The van der Waals surface area contributed by atoms with Gasteiger partial charge in [0, 0.05) is 18.6 Å². The summed E-state index contributed by atoms with van der Waals surface area (Å²) in [5.74, 6) is 0.252. The van der Waals surface area contributed by atoms with Crippen LogP contribution in [0.25, 0.3) is 0 Å². The van der Waals surface area contributed by atoms with Gasteiger partial charge in [0.1, 0.15) is 0 Å².